The molecule has 0 aliphatic carbocycles. The lowest BCUT2D eigenvalue weighted by atomic mass is 10.1. The van der Waals surface area contributed by atoms with E-state index in [4.69, 9.17) is 0 Å². The van der Waals surface area contributed by atoms with Crippen molar-refractivity contribution in [1.29, 1.82) is 0 Å². The van der Waals surface area contributed by atoms with E-state index in [-0.39, 0.29) is 0 Å². The van der Waals surface area contributed by atoms with Crippen molar-refractivity contribution in [2.45, 2.75) is 33.4 Å². The van der Waals surface area contributed by atoms with Crippen molar-refractivity contribution in [3.8, 4) is 0 Å². The molecule has 0 saturated heterocycles. The summed E-state index contributed by atoms with van der Waals surface area (Å²) in [5.41, 5.74) is 3.75. The summed E-state index contributed by atoms with van der Waals surface area (Å²) in [5, 5.41) is 3.48. The van der Waals surface area contributed by atoms with Gasteiger partial charge >= 0.3 is 0 Å². The first-order chi connectivity index (χ1) is 8.15. The number of nitrogens with zero attached hydrogens (tertiary/aromatic N) is 1. The number of hydrogen-bond acceptors (Lipinski definition) is 2. The van der Waals surface area contributed by atoms with Gasteiger partial charge in [0.05, 0.1) is 0 Å². The highest BCUT2D eigenvalue weighted by atomic mass is 15.0. The molecule has 2 aromatic rings. The van der Waals surface area contributed by atoms with Gasteiger partial charge in [-0.1, -0.05) is 29.8 Å². The summed E-state index contributed by atoms with van der Waals surface area (Å²) >= 11 is 0. The van der Waals surface area contributed by atoms with Crippen LogP contribution in [0, 0.1) is 13.8 Å². The van der Waals surface area contributed by atoms with Crippen LogP contribution in [0.4, 0.5) is 0 Å². The zero-order chi connectivity index (χ0) is 12.3. The smallest absolute Gasteiger partial charge is 0.103 e. The molecule has 17 heavy (non-hydrogen) atoms. The van der Waals surface area contributed by atoms with E-state index in [9.17, 15) is 0 Å². The second kappa shape index (κ2) is 5.15. The molecule has 0 aliphatic rings. The molecule has 0 aliphatic heterocycles. The lowest BCUT2D eigenvalue weighted by Gasteiger charge is -2.14. The molecular weight excluding hydrogens is 210 g/mol. The predicted molar refractivity (Wildman–Crippen MR) is 69.8 cm³/mol. The van der Waals surface area contributed by atoms with Crippen LogP contribution >= 0.6 is 0 Å². The molecule has 0 bridgehead atoms. The van der Waals surface area contributed by atoms with Crippen LogP contribution in [0.25, 0.3) is 0 Å². The fourth-order valence-corrected chi connectivity index (χ4v) is 1.88. The fourth-order valence-electron chi connectivity index (χ4n) is 1.88. The maximum atomic E-state index is 4.19. The average Bonchev–Trinajstić information content (AvgIpc) is 2.72. The van der Waals surface area contributed by atoms with E-state index >= 15 is 0 Å². The van der Waals surface area contributed by atoms with E-state index in [1.807, 2.05) is 13.1 Å². The van der Waals surface area contributed by atoms with E-state index in [0.717, 1.165) is 18.1 Å². The third-order valence-electron chi connectivity index (χ3n) is 2.90. The Morgan fingerprint density at radius 1 is 1.35 bits per heavy atom. The Hall–Kier alpha value is -1.61. The minimum absolute atomic E-state index is 0.346. The Morgan fingerprint density at radius 3 is 2.82 bits per heavy atom. The highest BCUT2D eigenvalue weighted by Crippen LogP contribution is 2.14. The first-order valence-electron chi connectivity index (χ1n) is 5.95. The van der Waals surface area contributed by atoms with Gasteiger partial charge in [-0.25, -0.2) is 4.98 Å². The maximum Gasteiger partial charge on any atom is 0.103 e. The van der Waals surface area contributed by atoms with Gasteiger partial charge in [0.2, 0.25) is 0 Å². The van der Waals surface area contributed by atoms with Gasteiger partial charge in [-0.05, 0) is 26.3 Å². The van der Waals surface area contributed by atoms with Crippen molar-refractivity contribution in [3.63, 3.8) is 0 Å². The average molecular weight is 229 g/mol. The number of aromatic nitrogens is 2. The molecule has 1 aromatic carbocycles. The number of H-pyrrole nitrogens is 1. The van der Waals surface area contributed by atoms with Crippen LogP contribution in [0.15, 0.2) is 30.5 Å². The normalized spacial score (nSPS) is 12.6. The Balaban J connectivity index is 1.95. The summed E-state index contributed by atoms with van der Waals surface area (Å²) in [7, 11) is 0. The number of benzene rings is 1. The molecule has 0 unspecified atom stereocenters. The SMILES string of the molecule is Cc1cccc([C@@H](C)NCc2cnc(C)[nH]2)c1. The van der Waals surface area contributed by atoms with Gasteiger partial charge in [-0.2, -0.15) is 0 Å². The molecule has 0 spiro atoms. The molecule has 1 atom stereocenters. The summed E-state index contributed by atoms with van der Waals surface area (Å²) in [5.74, 6) is 0.963. The van der Waals surface area contributed by atoms with Gasteiger partial charge in [0, 0.05) is 24.5 Å². The highest BCUT2D eigenvalue weighted by Gasteiger charge is 2.05. The van der Waals surface area contributed by atoms with Crippen molar-refractivity contribution in [2.24, 2.45) is 0 Å². The maximum absolute atomic E-state index is 4.19. The van der Waals surface area contributed by atoms with E-state index in [1.165, 1.54) is 11.1 Å². The summed E-state index contributed by atoms with van der Waals surface area (Å²) in [4.78, 5) is 7.41. The molecule has 2 rings (SSSR count). The van der Waals surface area contributed by atoms with Crippen LogP contribution in [0.2, 0.25) is 0 Å². The molecule has 90 valence electrons. The second-order valence-corrected chi connectivity index (χ2v) is 4.51. The minimum atomic E-state index is 0.346. The van der Waals surface area contributed by atoms with Gasteiger partial charge in [0.25, 0.3) is 0 Å². The van der Waals surface area contributed by atoms with Crippen LogP contribution < -0.4 is 5.32 Å². The molecular formula is C14H19N3. The Labute approximate surface area is 102 Å². The highest BCUT2D eigenvalue weighted by molar-refractivity contribution is 5.24. The van der Waals surface area contributed by atoms with Gasteiger partial charge in [0.1, 0.15) is 5.82 Å². The molecule has 0 amide bonds. The third-order valence-corrected chi connectivity index (χ3v) is 2.90. The largest absolute Gasteiger partial charge is 0.345 e. The standard InChI is InChI=1S/C14H19N3/c1-10-5-4-6-13(7-10)11(2)15-8-14-9-16-12(3)17-14/h4-7,9,11,15H,8H2,1-3H3,(H,16,17)/t11-/m1/s1. The van der Waals surface area contributed by atoms with E-state index in [0.29, 0.717) is 6.04 Å². The fraction of sp³-hybridized carbons (Fsp3) is 0.357. The molecule has 1 aromatic heterocycles. The lowest BCUT2D eigenvalue weighted by Crippen LogP contribution is -2.18. The molecule has 2 N–H and O–H groups in total. The molecule has 0 saturated carbocycles. The van der Waals surface area contributed by atoms with Crippen molar-refractivity contribution in [3.05, 3.63) is 53.1 Å². The number of aromatic amines is 1. The van der Waals surface area contributed by atoms with Crippen LogP contribution in [0.5, 0.6) is 0 Å². The Bertz CT molecular complexity index is 488. The summed E-state index contributed by atoms with van der Waals surface area (Å²) in [6.07, 6.45) is 1.88. The number of aryl methyl sites for hydroxylation is 2. The van der Waals surface area contributed by atoms with Crippen molar-refractivity contribution in [1.82, 2.24) is 15.3 Å². The van der Waals surface area contributed by atoms with Gasteiger partial charge < -0.3 is 10.3 Å². The Morgan fingerprint density at radius 2 is 2.18 bits per heavy atom. The lowest BCUT2D eigenvalue weighted by molar-refractivity contribution is 0.568. The molecule has 0 radical (unpaired) electrons. The molecule has 0 fully saturated rings. The van der Waals surface area contributed by atoms with Crippen molar-refractivity contribution >= 4 is 0 Å². The van der Waals surface area contributed by atoms with Crippen LogP contribution in [0.1, 0.15) is 35.6 Å². The first kappa shape index (κ1) is 11.9. The summed E-state index contributed by atoms with van der Waals surface area (Å²) in [6.45, 7) is 7.08. The van der Waals surface area contributed by atoms with Crippen LogP contribution in [-0.4, -0.2) is 9.97 Å². The quantitative estimate of drug-likeness (QED) is 0.846. The zero-order valence-electron chi connectivity index (χ0n) is 10.6. The topological polar surface area (TPSA) is 40.7 Å². The van der Waals surface area contributed by atoms with Crippen molar-refractivity contribution in [2.75, 3.05) is 0 Å². The predicted octanol–water partition coefficient (Wildman–Crippen LogP) is 2.88. The van der Waals surface area contributed by atoms with E-state index in [1.54, 1.807) is 0 Å². The van der Waals surface area contributed by atoms with E-state index in [2.05, 4.69) is 53.4 Å². The van der Waals surface area contributed by atoms with Crippen molar-refractivity contribution < 1.29 is 0 Å². The molecule has 3 heteroatoms. The zero-order valence-corrected chi connectivity index (χ0v) is 10.6. The third kappa shape index (κ3) is 3.17. The van der Waals surface area contributed by atoms with Gasteiger partial charge in [0.15, 0.2) is 0 Å². The Kier molecular flexibility index (Phi) is 3.59. The number of nitrogens with one attached hydrogen (secondary N) is 2. The number of hydrogen-bond donors (Lipinski definition) is 2. The molecule has 3 nitrogen and oxygen atoms in total. The number of imidazole rings is 1. The first-order valence-corrected chi connectivity index (χ1v) is 5.95. The second-order valence-electron chi connectivity index (χ2n) is 4.51. The van der Waals surface area contributed by atoms with Crippen LogP contribution in [0.3, 0.4) is 0 Å². The van der Waals surface area contributed by atoms with Gasteiger partial charge in [-0.3, -0.25) is 0 Å². The van der Waals surface area contributed by atoms with Gasteiger partial charge in [-0.15, -0.1) is 0 Å². The minimum Gasteiger partial charge on any atom is -0.345 e. The number of rotatable bonds is 4. The molecule has 1 heterocycles. The monoisotopic (exact) mass is 229 g/mol. The summed E-state index contributed by atoms with van der Waals surface area (Å²) < 4.78 is 0. The summed E-state index contributed by atoms with van der Waals surface area (Å²) in [6, 6.07) is 8.94. The van der Waals surface area contributed by atoms with Crippen LogP contribution in [-0.2, 0) is 6.54 Å². The van der Waals surface area contributed by atoms with E-state index < -0.39 is 0 Å².